The van der Waals surface area contributed by atoms with E-state index in [1.807, 2.05) is 95.2 Å². The minimum Gasteiger partial charge on any atom is -0.497 e. The highest BCUT2D eigenvalue weighted by Crippen LogP contribution is 2.52. The fourth-order valence-electron chi connectivity index (χ4n) is 15.9. The number of thioether (sulfide) groups is 1. The molecule has 6 atom stereocenters. The first-order chi connectivity index (χ1) is 71.5. The highest BCUT2D eigenvalue weighted by Gasteiger charge is 2.43. The lowest BCUT2D eigenvalue weighted by Crippen LogP contribution is -2.36. The van der Waals surface area contributed by atoms with E-state index in [0.717, 1.165) is 103 Å². The van der Waals surface area contributed by atoms with Gasteiger partial charge in [0.1, 0.15) is 54.0 Å². The van der Waals surface area contributed by atoms with Crippen LogP contribution in [0.2, 0.25) is 0 Å². The lowest BCUT2D eigenvalue weighted by atomic mass is 9.80. The minimum absolute atomic E-state index is 0.0160. The largest absolute Gasteiger partial charge is 0.497 e. The molecule has 4 aromatic carbocycles. The number of Topliss-reactive ketones (excluding diaryl/α,β-unsaturated/α-hetero) is 1. The van der Waals surface area contributed by atoms with Crippen molar-refractivity contribution in [2.75, 3.05) is 103 Å². The van der Waals surface area contributed by atoms with E-state index in [4.69, 9.17) is 70.6 Å². The molecule has 818 valence electrons. The highest BCUT2D eigenvalue weighted by atomic mass is 33.1. The maximum atomic E-state index is 12.9. The van der Waals surface area contributed by atoms with Crippen LogP contribution >= 0.6 is 80.5 Å². The second kappa shape index (κ2) is 78.6. The Bertz CT molecular complexity index is 4880. The number of aromatic amines is 1. The Morgan fingerprint density at radius 3 is 1.50 bits per heavy atom. The predicted molar refractivity (Wildman–Crippen MR) is 607 cm³/mol. The first-order valence-electron chi connectivity index (χ1n) is 52.3. The Morgan fingerprint density at radius 1 is 0.527 bits per heavy atom. The van der Waals surface area contributed by atoms with E-state index in [9.17, 15) is 38.4 Å². The van der Waals surface area contributed by atoms with Gasteiger partial charge in [-0.15, -0.1) is 5.06 Å². The van der Waals surface area contributed by atoms with Gasteiger partial charge in [0.05, 0.1) is 45.2 Å². The second-order valence-electron chi connectivity index (χ2n) is 36.8. The molecule has 4 heterocycles. The Balaban J connectivity index is 0.000000377. The van der Waals surface area contributed by atoms with Crippen molar-refractivity contribution in [3.8, 4) is 11.5 Å². The van der Waals surface area contributed by atoms with Crippen molar-refractivity contribution in [1.82, 2.24) is 38.9 Å². The summed E-state index contributed by atoms with van der Waals surface area (Å²) in [5.41, 5.74) is 2.03. The molecule has 38 heteroatoms. The number of hydroxylamine groups is 2. The number of imide groups is 1. The van der Waals surface area contributed by atoms with Crippen LogP contribution in [0.1, 0.15) is 303 Å². The zero-order valence-corrected chi connectivity index (χ0v) is 96.8. The summed E-state index contributed by atoms with van der Waals surface area (Å²) in [5.74, 6) is 3.62. The zero-order valence-electron chi connectivity index (χ0n) is 90.1. The van der Waals surface area contributed by atoms with E-state index in [0.29, 0.717) is 119 Å². The first kappa shape index (κ1) is 131. The summed E-state index contributed by atoms with van der Waals surface area (Å²) in [4.78, 5) is 118. The number of amides is 3. The molecule has 2 fully saturated rings. The third-order valence-electron chi connectivity index (χ3n) is 23.1. The fraction of sp³-hybridized carbons (Fsp3) is 0.600. The predicted octanol–water partition coefficient (Wildman–Crippen LogP) is 26.2. The van der Waals surface area contributed by atoms with Crippen LogP contribution in [0, 0.1) is 19.7 Å². The topological polar surface area (TPSA) is 310 Å². The quantitative estimate of drug-likeness (QED) is 0.00681. The van der Waals surface area contributed by atoms with Crippen molar-refractivity contribution in [1.29, 1.82) is 0 Å². The van der Waals surface area contributed by atoms with E-state index in [-0.39, 0.29) is 73.0 Å². The van der Waals surface area contributed by atoms with Crippen LogP contribution in [-0.2, 0) is 71.0 Å². The van der Waals surface area contributed by atoms with Gasteiger partial charge in [-0.2, -0.15) is 0 Å². The van der Waals surface area contributed by atoms with E-state index < -0.39 is 72.5 Å². The Hall–Kier alpha value is -7.46. The van der Waals surface area contributed by atoms with Gasteiger partial charge < -0.3 is 70.8 Å². The number of pyridine rings is 1. The van der Waals surface area contributed by atoms with Gasteiger partial charge in [-0.1, -0.05) is 220 Å². The molecule has 0 bridgehead atoms. The number of unbranched alkanes of at least 4 members (excludes halogenated alkanes) is 14. The zero-order chi connectivity index (χ0) is 108. The summed E-state index contributed by atoms with van der Waals surface area (Å²) < 4.78 is 69.0. The van der Waals surface area contributed by atoms with Gasteiger partial charge in [-0.25, -0.2) is 48.3 Å². The van der Waals surface area contributed by atoms with Gasteiger partial charge in [-0.3, -0.25) is 38.3 Å². The fourth-order valence-corrected chi connectivity index (χ4v) is 25.9. The number of H-pyrrole nitrogens is 1. The molecular weight excluding hydrogens is 2030 g/mol. The average Bonchev–Trinajstić information content (AvgIpc) is 0.987. The normalized spacial score (nSPS) is 14.7. The van der Waals surface area contributed by atoms with E-state index in [1.54, 1.807) is 54.1 Å². The molecule has 2 aliphatic heterocycles. The van der Waals surface area contributed by atoms with Gasteiger partial charge in [0.15, 0.2) is 0 Å². The standard InChI is InChI=1S/C42H61N2O5PS2.C39H56N5O8PS.C16H33N2O2P.C13H14N2O4S2/c1-35(2)44(36(3)4)50(49-32-29-43-5)48-31-16-9-11-18-34-52-51-33-17-10-8-15-30-47-42(37-19-13-12-14-20-37,38-21-25-40(45-6)26-22-38)39-23-27-41(46-7)28-24-39;1-7-33-34(52-53(50-24-23-40-6)44(28(2)3)29(4)5)26-36(51-33)43-27-31(37(47)42-39(43)49)19-20-35(46)41-22-15-10-8-9-14-18-32(45)21-25-54-38(48)30-16-12-11-13-17-30;1-7-8-9-10-11-13-19-21(20-14-12-17-6)18(15(2)3)16(4)5;16-11-6-7-12(17)15(11)19-13(18)5-3-9-20-21-10-4-1-2-8-14-10/h12-14,19-28,35-36H,8-11,15-18,29-34H2,1-4,6-7H3;11-13,16-17,19-20,27-29,33-34,36H,7-10,14-15,18,21-26H2,1-5H3,(H,41,46)(H,42,47,49);15-16H,7-14H2,1-5H3;1-2,4,8H,3,5-7,9H2/b;20-19+;;/t;33-,34?,36-,53?;;/m.1../s1. The summed E-state index contributed by atoms with van der Waals surface area (Å²) >= 11 is 1.18. The summed E-state index contributed by atoms with van der Waals surface area (Å²) in [5, 5.41) is 4.31. The monoisotopic (exact) mass is 2200 g/mol. The third-order valence-corrected chi connectivity index (χ3v) is 35.3. The number of ketones is 1. The van der Waals surface area contributed by atoms with Crippen LogP contribution in [-0.4, -0.2) is 220 Å². The number of nitrogens with one attached hydrogen (secondary N) is 2. The van der Waals surface area contributed by atoms with Crippen LogP contribution in [0.15, 0.2) is 160 Å². The van der Waals surface area contributed by atoms with Gasteiger partial charge in [0, 0.05) is 135 Å². The molecule has 0 spiro atoms. The first-order valence-corrected chi connectivity index (χ1v) is 61.5. The summed E-state index contributed by atoms with van der Waals surface area (Å²) in [7, 11) is 6.85. The van der Waals surface area contributed by atoms with E-state index >= 15 is 0 Å². The lowest BCUT2D eigenvalue weighted by molar-refractivity contribution is -0.197. The molecule has 6 aromatic rings. The smallest absolute Gasteiger partial charge is 0.333 e. The van der Waals surface area contributed by atoms with Crippen LogP contribution in [0.4, 0.5) is 0 Å². The molecule has 2 saturated heterocycles. The minimum atomic E-state index is -1.51. The van der Waals surface area contributed by atoms with E-state index in [1.165, 1.54) is 104 Å². The highest BCUT2D eigenvalue weighted by molar-refractivity contribution is 8.77. The summed E-state index contributed by atoms with van der Waals surface area (Å²) in [6.45, 7) is 55.6. The number of hydrogen-bond acceptors (Lipinski definition) is 28. The number of carbonyl (C=O) groups excluding carboxylic acids is 6. The van der Waals surface area contributed by atoms with Crippen LogP contribution in [0.3, 0.4) is 0 Å². The molecule has 148 heavy (non-hydrogen) atoms. The van der Waals surface area contributed by atoms with Gasteiger partial charge in [-0.05, 0) is 211 Å². The lowest BCUT2D eigenvalue weighted by Gasteiger charge is -2.37. The average molecular weight is 2200 g/mol. The maximum Gasteiger partial charge on any atom is 0.333 e. The number of methoxy groups -OCH3 is 2. The molecule has 2 aliphatic rings. The van der Waals surface area contributed by atoms with Gasteiger partial charge in [0.2, 0.25) is 30.7 Å². The number of ether oxygens (including phenoxy) is 4. The SMILES string of the molecule is O=C(CCCSSc1ccccn1)ON1C(=O)CCC1=O.[C-]#[N+]CCOP(OC1C[C@H](n2cc(/C=C/C(=O)NCCCCCCCC(=O)CCSC(=O)c3ccccc3)c(=O)[nH]c2=O)O[C@@H]1CC)N(C(C)C)C(C)C.[C-]#[N+]CCOP(OCCCCCCC)N(C(C)C)C(C)C.[C-]#[N+]CCOP(OCCCCCCSSCCCCCCOC(c1ccccc1)(c1ccc(OC)cc1)c1ccc(OC)cc1)N(C(C)C)C(C)C. The Labute approximate surface area is 905 Å². The second-order valence-corrected chi connectivity index (χ2v) is 47.3. The molecule has 3 amide bonds. The molecule has 2 N–H and O–H groups in total. The van der Waals surface area contributed by atoms with Crippen molar-refractivity contribution in [2.45, 2.75) is 329 Å². The van der Waals surface area contributed by atoms with Gasteiger partial charge in [0.25, 0.3) is 43.0 Å². The summed E-state index contributed by atoms with van der Waals surface area (Å²) in [6.07, 6.45) is 27.0. The number of carbonyl (C=O) groups is 6. The van der Waals surface area contributed by atoms with Crippen molar-refractivity contribution in [3.05, 3.63) is 229 Å². The van der Waals surface area contributed by atoms with Crippen molar-refractivity contribution >= 4 is 121 Å². The third kappa shape index (κ3) is 51.1. The van der Waals surface area contributed by atoms with Crippen LogP contribution < -0.4 is 26.0 Å². The molecule has 30 nitrogen and oxygen atoms in total. The number of rotatable bonds is 72. The van der Waals surface area contributed by atoms with Crippen molar-refractivity contribution in [2.24, 2.45) is 0 Å². The molecular formula is C110H164N11O19P3S5. The molecule has 4 unspecified atom stereocenters. The molecule has 0 saturated carbocycles. The van der Waals surface area contributed by atoms with E-state index in [2.05, 4.69) is 182 Å². The van der Waals surface area contributed by atoms with Crippen LogP contribution in [0.5, 0.6) is 11.5 Å². The van der Waals surface area contributed by atoms with Crippen LogP contribution in [0.25, 0.3) is 20.6 Å². The number of hydrogen-bond donors (Lipinski definition) is 2. The number of nitrogens with zero attached hydrogens (tertiary/aromatic N) is 9. The number of benzene rings is 4. The Kier molecular flexibility index (Phi) is 69.6. The molecule has 0 radical (unpaired) electrons. The van der Waals surface area contributed by atoms with Crippen molar-refractivity contribution in [3.63, 3.8) is 0 Å². The maximum absolute atomic E-state index is 12.9. The molecule has 0 aliphatic carbocycles. The van der Waals surface area contributed by atoms with Crippen molar-refractivity contribution < 1.29 is 79.7 Å². The Morgan fingerprint density at radius 2 is 0.993 bits per heavy atom. The summed E-state index contributed by atoms with van der Waals surface area (Å²) in [6, 6.07) is 43.4. The molecule has 2 aromatic heterocycles. The molecule has 8 rings (SSSR count). The number of aromatic nitrogens is 3. The van der Waals surface area contributed by atoms with Gasteiger partial charge >= 0.3 is 11.7 Å².